The van der Waals surface area contributed by atoms with Gasteiger partial charge in [-0.25, -0.2) is 10.2 Å². The van der Waals surface area contributed by atoms with Gasteiger partial charge in [-0.3, -0.25) is 9.59 Å². The number of benzene rings is 2. The van der Waals surface area contributed by atoms with Gasteiger partial charge in [0, 0.05) is 11.1 Å². The van der Waals surface area contributed by atoms with Gasteiger partial charge >= 0.3 is 5.97 Å². The summed E-state index contributed by atoms with van der Waals surface area (Å²) in [5.41, 5.74) is 3.08. The Morgan fingerprint density at radius 2 is 1.93 bits per heavy atom. The van der Waals surface area contributed by atoms with Crippen LogP contribution in [-0.4, -0.2) is 49.0 Å². The van der Waals surface area contributed by atoms with Crippen molar-refractivity contribution in [2.24, 2.45) is 5.10 Å². The molecule has 1 aliphatic rings. The molecule has 29 heavy (non-hydrogen) atoms. The van der Waals surface area contributed by atoms with Crippen LogP contribution >= 0.6 is 0 Å². The summed E-state index contributed by atoms with van der Waals surface area (Å²) in [6, 6.07) is 11.3. The number of amides is 2. The normalized spacial score (nSPS) is 11.9. The molecule has 2 amide bonds. The molecule has 10 heteroatoms. The minimum absolute atomic E-state index is 0.102. The lowest BCUT2D eigenvalue weighted by Gasteiger charge is -2.07. The van der Waals surface area contributed by atoms with Crippen LogP contribution in [0.3, 0.4) is 0 Å². The van der Waals surface area contributed by atoms with Gasteiger partial charge in [0.25, 0.3) is 11.8 Å². The van der Waals surface area contributed by atoms with Crippen molar-refractivity contribution in [2.75, 3.05) is 19.9 Å². The number of hydrazone groups is 1. The molecule has 0 aromatic heterocycles. The molecule has 150 valence electrons. The molecule has 3 rings (SSSR count). The summed E-state index contributed by atoms with van der Waals surface area (Å²) < 4.78 is 15.5. The van der Waals surface area contributed by atoms with E-state index in [-0.39, 0.29) is 13.3 Å². The lowest BCUT2D eigenvalue weighted by atomic mass is 10.2. The van der Waals surface area contributed by atoms with E-state index in [0.717, 1.165) is 0 Å². The smallest absolute Gasteiger partial charge is 0.341 e. The quantitative estimate of drug-likeness (QED) is 0.440. The molecular formula is C19H17N3O7. The Balaban J connectivity index is 1.49. The van der Waals surface area contributed by atoms with Gasteiger partial charge in [0.1, 0.15) is 5.75 Å². The third kappa shape index (κ3) is 5.45. The maximum Gasteiger partial charge on any atom is 0.341 e. The second-order valence-electron chi connectivity index (χ2n) is 5.76. The first-order valence-electron chi connectivity index (χ1n) is 8.46. The highest BCUT2D eigenvalue weighted by Crippen LogP contribution is 2.32. The minimum atomic E-state index is -1.11. The predicted octanol–water partition coefficient (Wildman–Crippen LogP) is 0.759. The van der Waals surface area contributed by atoms with Crippen LogP contribution in [0.2, 0.25) is 0 Å². The molecule has 1 aliphatic heterocycles. The maximum atomic E-state index is 12.1. The molecule has 0 aliphatic carbocycles. The first kappa shape index (κ1) is 19.7. The number of hydrogen-bond donors (Lipinski definition) is 3. The number of nitrogens with one attached hydrogen (secondary N) is 2. The number of ether oxygens (including phenoxy) is 3. The lowest BCUT2D eigenvalue weighted by Crippen LogP contribution is -2.34. The van der Waals surface area contributed by atoms with Crippen LogP contribution in [-0.2, 0) is 9.59 Å². The molecule has 0 saturated carbocycles. The Labute approximate surface area is 165 Å². The van der Waals surface area contributed by atoms with Crippen LogP contribution in [0.15, 0.2) is 47.6 Å². The Kier molecular flexibility index (Phi) is 6.25. The maximum absolute atomic E-state index is 12.1. The van der Waals surface area contributed by atoms with E-state index in [1.54, 1.807) is 36.4 Å². The van der Waals surface area contributed by atoms with E-state index in [1.807, 2.05) is 0 Å². The largest absolute Gasteiger partial charge is 0.481 e. The van der Waals surface area contributed by atoms with Crippen molar-refractivity contribution in [3.63, 3.8) is 0 Å². The zero-order chi connectivity index (χ0) is 20.6. The first-order chi connectivity index (χ1) is 14.0. The van der Waals surface area contributed by atoms with Gasteiger partial charge in [0.15, 0.2) is 18.1 Å². The number of carbonyl (C=O) groups is 3. The highest BCUT2D eigenvalue weighted by molar-refractivity contribution is 5.97. The zero-order valence-corrected chi connectivity index (χ0v) is 15.1. The van der Waals surface area contributed by atoms with Crippen LogP contribution in [0.4, 0.5) is 0 Å². The SMILES string of the molecule is O=C(O)COc1ccccc1/C=N/NC(=O)CNC(=O)c1ccc2c(c1)OCO2. The molecule has 3 N–H and O–H groups in total. The fourth-order valence-electron chi connectivity index (χ4n) is 2.37. The van der Waals surface area contributed by atoms with Crippen LogP contribution in [0.25, 0.3) is 0 Å². The number of carboxylic acid groups (broad SMARTS) is 1. The van der Waals surface area contributed by atoms with Gasteiger partial charge in [-0.05, 0) is 30.3 Å². The molecule has 2 aromatic rings. The van der Waals surface area contributed by atoms with Gasteiger partial charge in [0.2, 0.25) is 6.79 Å². The molecular weight excluding hydrogens is 382 g/mol. The number of hydrogen-bond acceptors (Lipinski definition) is 7. The van der Waals surface area contributed by atoms with E-state index in [4.69, 9.17) is 19.3 Å². The first-order valence-corrected chi connectivity index (χ1v) is 8.46. The van der Waals surface area contributed by atoms with Crippen molar-refractivity contribution in [1.29, 1.82) is 0 Å². The monoisotopic (exact) mass is 399 g/mol. The second kappa shape index (κ2) is 9.22. The molecule has 0 saturated heterocycles. The average Bonchev–Trinajstić information content (AvgIpc) is 3.19. The molecule has 0 atom stereocenters. The van der Waals surface area contributed by atoms with E-state index in [9.17, 15) is 14.4 Å². The van der Waals surface area contributed by atoms with Gasteiger partial charge in [-0.15, -0.1) is 0 Å². The molecule has 2 aromatic carbocycles. The number of nitrogens with zero attached hydrogens (tertiary/aromatic N) is 1. The van der Waals surface area contributed by atoms with Gasteiger partial charge in [-0.2, -0.15) is 5.10 Å². The minimum Gasteiger partial charge on any atom is -0.481 e. The number of carboxylic acids is 1. The zero-order valence-electron chi connectivity index (χ0n) is 15.1. The number of fused-ring (bicyclic) bond motifs is 1. The van der Waals surface area contributed by atoms with Crippen molar-refractivity contribution in [2.45, 2.75) is 0 Å². The van der Waals surface area contributed by atoms with Gasteiger partial charge in [-0.1, -0.05) is 12.1 Å². The van der Waals surface area contributed by atoms with Gasteiger partial charge in [0.05, 0.1) is 12.8 Å². The molecule has 0 spiro atoms. The fraction of sp³-hybridized carbons (Fsp3) is 0.158. The third-order valence-electron chi connectivity index (χ3n) is 3.71. The van der Waals surface area contributed by atoms with E-state index >= 15 is 0 Å². The second-order valence-corrected chi connectivity index (χ2v) is 5.76. The van der Waals surface area contributed by atoms with E-state index in [1.165, 1.54) is 12.3 Å². The predicted molar refractivity (Wildman–Crippen MR) is 100 cm³/mol. The highest BCUT2D eigenvalue weighted by atomic mass is 16.7. The Hall–Kier alpha value is -4.08. The third-order valence-corrected chi connectivity index (χ3v) is 3.71. The van der Waals surface area contributed by atoms with Crippen LogP contribution in [0.1, 0.15) is 15.9 Å². The molecule has 0 fully saturated rings. The van der Waals surface area contributed by atoms with Crippen molar-refractivity contribution in [1.82, 2.24) is 10.7 Å². The Bertz CT molecular complexity index is 959. The van der Waals surface area contributed by atoms with E-state index < -0.39 is 24.4 Å². The number of rotatable bonds is 8. The van der Waals surface area contributed by atoms with Crippen molar-refractivity contribution < 1.29 is 33.7 Å². The summed E-state index contributed by atoms with van der Waals surface area (Å²) >= 11 is 0. The van der Waals surface area contributed by atoms with E-state index in [2.05, 4.69) is 15.8 Å². The Morgan fingerprint density at radius 3 is 2.76 bits per heavy atom. The van der Waals surface area contributed by atoms with Crippen LogP contribution in [0, 0.1) is 0 Å². The average molecular weight is 399 g/mol. The molecule has 0 unspecified atom stereocenters. The number of carbonyl (C=O) groups excluding carboxylic acids is 2. The van der Waals surface area contributed by atoms with Gasteiger partial charge < -0.3 is 24.6 Å². The van der Waals surface area contributed by atoms with E-state index in [0.29, 0.717) is 28.4 Å². The standard InChI is InChI=1S/C19H17N3O7/c23-17(9-20-19(26)12-5-6-15-16(7-12)29-11-28-15)22-21-8-13-3-1-2-4-14(13)27-10-18(24)25/h1-8H,9-11H2,(H,20,26)(H,22,23)(H,24,25)/b21-8+. The summed E-state index contributed by atoms with van der Waals surface area (Å²) in [6.45, 7) is -0.684. The fourth-order valence-corrected chi connectivity index (χ4v) is 2.37. The van der Waals surface area contributed by atoms with Crippen LogP contribution in [0.5, 0.6) is 17.2 Å². The molecule has 1 heterocycles. The lowest BCUT2D eigenvalue weighted by molar-refractivity contribution is -0.139. The van der Waals surface area contributed by atoms with Crippen molar-refractivity contribution >= 4 is 24.0 Å². The molecule has 0 radical (unpaired) electrons. The number of aliphatic carboxylic acids is 1. The topological polar surface area (TPSA) is 136 Å². The van der Waals surface area contributed by atoms with Crippen molar-refractivity contribution in [3.8, 4) is 17.2 Å². The van der Waals surface area contributed by atoms with Crippen molar-refractivity contribution in [3.05, 3.63) is 53.6 Å². The summed E-state index contributed by atoms with van der Waals surface area (Å²) in [5.74, 6) is -0.766. The Morgan fingerprint density at radius 1 is 1.14 bits per heavy atom. The molecule has 10 nitrogen and oxygen atoms in total. The summed E-state index contributed by atoms with van der Waals surface area (Å²) in [7, 11) is 0. The number of para-hydroxylation sites is 1. The summed E-state index contributed by atoms with van der Waals surface area (Å²) in [5, 5.41) is 14.9. The molecule has 0 bridgehead atoms. The summed E-state index contributed by atoms with van der Waals surface area (Å²) in [4.78, 5) is 34.6. The summed E-state index contributed by atoms with van der Waals surface area (Å²) in [6.07, 6.45) is 1.31. The van der Waals surface area contributed by atoms with Crippen LogP contribution < -0.4 is 25.0 Å². The highest BCUT2D eigenvalue weighted by Gasteiger charge is 2.16.